The first kappa shape index (κ1) is 10.7. The van der Waals surface area contributed by atoms with E-state index in [1.54, 1.807) is 11.3 Å². The van der Waals surface area contributed by atoms with Gasteiger partial charge in [0.1, 0.15) is 6.61 Å². The number of hydrogen-bond acceptors (Lipinski definition) is 3. The van der Waals surface area contributed by atoms with Gasteiger partial charge in [0.05, 0.1) is 14.4 Å². The van der Waals surface area contributed by atoms with Crippen molar-refractivity contribution in [2.45, 2.75) is 20.3 Å². The maximum absolute atomic E-state index is 5.03. The second-order valence-corrected chi connectivity index (χ2v) is 4.88. The lowest BCUT2D eigenvalue weighted by molar-refractivity contribution is 0.158. The minimum Gasteiger partial charge on any atom is -0.396 e. The molecule has 0 fully saturated rings. The van der Waals surface area contributed by atoms with E-state index >= 15 is 0 Å². The van der Waals surface area contributed by atoms with Crippen LogP contribution in [-0.4, -0.2) is 12.3 Å². The smallest absolute Gasteiger partial charge is 0.114 e. The maximum Gasteiger partial charge on any atom is 0.114 e. The van der Waals surface area contributed by atoms with E-state index in [4.69, 9.17) is 4.84 Å². The summed E-state index contributed by atoms with van der Waals surface area (Å²) in [5.41, 5.74) is 1.01. The van der Waals surface area contributed by atoms with Crippen LogP contribution in [0.15, 0.2) is 21.1 Å². The summed E-state index contributed by atoms with van der Waals surface area (Å²) >= 11 is 5.10. The highest BCUT2D eigenvalue weighted by Gasteiger charge is 2.04. The molecule has 0 radical (unpaired) electrons. The molecule has 0 aliphatic heterocycles. The lowest BCUT2D eigenvalue weighted by Gasteiger charge is -1.99. The van der Waals surface area contributed by atoms with Gasteiger partial charge in [-0.05, 0) is 41.4 Å². The van der Waals surface area contributed by atoms with Crippen molar-refractivity contribution in [3.63, 3.8) is 0 Å². The molecule has 0 aliphatic rings. The summed E-state index contributed by atoms with van der Waals surface area (Å²) in [5.74, 6) is 0. The van der Waals surface area contributed by atoms with Crippen LogP contribution in [0.1, 0.15) is 25.1 Å². The Bertz CT molecular complexity index is 296. The van der Waals surface area contributed by atoms with Crippen LogP contribution in [0.25, 0.3) is 0 Å². The van der Waals surface area contributed by atoms with Gasteiger partial charge in [0.25, 0.3) is 0 Å². The molecule has 1 aromatic rings. The van der Waals surface area contributed by atoms with Gasteiger partial charge in [-0.3, -0.25) is 0 Å². The molecule has 0 saturated carbocycles. The zero-order chi connectivity index (χ0) is 9.68. The molecule has 2 nitrogen and oxygen atoms in total. The van der Waals surface area contributed by atoms with Crippen molar-refractivity contribution in [3.05, 3.63) is 20.8 Å². The van der Waals surface area contributed by atoms with E-state index in [-0.39, 0.29) is 0 Å². The van der Waals surface area contributed by atoms with Gasteiger partial charge < -0.3 is 4.84 Å². The molecular formula is C9H12BrNOS. The van der Waals surface area contributed by atoms with Gasteiger partial charge in [0, 0.05) is 0 Å². The quantitative estimate of drug-likeness (QED) is 0.599. The first-order valence-corrected chi connectivity index (χ1v) is 5.83. The van der Waals surface area contributed by atoms with E-state index in [1.165, 1.54) is 4.88 Å². The number of hydrogen-bond donors (Lipinski definition) is 0. The van der Waals surface area contributed by atoms with Crippen molar-refractivity contribution in [2.75, 3.05) is 6.61 Å². The summed E-state index contributed by atoms with van der Waals surface area (Å²) in [6.07, 6.45) is 0.896. The predicted octanol–water partition coefficient (Wildman–Crippen LogP) is 3.66. The summed E-state index contributed by atoms with van der Waals surface area (Å²) in [4.78, 5) is 6.20. The van der Waals surface area contributed by atoms with Crippen LogP contribution >= 0.6 is 27.3 Å². The van der Waals surface area contributed by atoms with Crippen molar-refractivity contribution in [1.82, 2.24) is 0 Å². The fourth-order valence-electron chi connectivity index (χ4n) is 0.896. The van der Waals surface area contributed by atoms with Crippen LogP contribution < -0.4 is 0 Å². The first-order valence-electron chi connectivity index (χ1n) is 4.22. The second-order valence-electron chi connectivity index (χ2n) is 2.41. The Balaban J connectivity index is 2.77. The van der Waals surface area contributed by atoms with Gasteiger partial charge >= 0.3 is 0 Å². The molecule has 1 heterocycles. The van der Waals surface area contributed by atoms with Crippen LogP contribution in [0.2, 0.25) is 0 Å². The third-order valence-corrected chi connectivity index (χ3v) is 3.17. The molecule has 0 spiro atoms. The number of rotatable bonds is 4. The fourth-order valence-corrected chi connectivity index (χ4v) is 2.33. The normalized spacial score (nSPS) is 11.8. The summed E-state index contributed by atoms with van der Waals surface area (Å²) in [7, 11) is 0. The summed E-state index contributed by atoms with van der Waals surface area (Å²) in [6, 6.07) is 4.08. The van der Waals surface area contributed by atoms with Crippen LogP contribution in [-0.2, 0) is 4.84 Å². The number of thiophene rings is 1. The molecule has 0 atom stereocenters. The Morgan fingerprint density at radius 2 is 2.31 bits per heavy atom. The molecule has 0 aromatic carbocycles. The number of halogens is 1. The average Bonchev–Trinajstić information content (AvgIpc) is 2.54. The van der Waals surface area contributed by atoms with Crippen LogP contribution in [0, 0.1) is 0 Å². The van der Waals surface area contributed by atoms with Crippen LogP contribution in [0.4, 0.5) is 0 Å². The Morgan fingerprint density at radius 3 is 2.77 bits per heavy atom. The molecular weight excluding hydrogens is 250 g/mol. The highest BCUT2D eigenvalue weighted by Crippen LogP contribution is 2.23. The number of nitrogens with zero attached hydrogens (tertiary/aromatic N) is 1. The molecule has 1 aromatic heterocycles. The Labute approximate surface area is 90.7 Å². The third-order valence-electron chi connectivity index (χ3n) is 1.50. The molecule has 72 valence electrons. The second kappa shape index (κ2) is 5.40. The Kier molecular flexibility index (Phi) is 4.45. The van der Waals surface area contributed by atoms with Crippen molar-refractivity contribution in [3.8, 4) is 0 Å². The van der Waals surface area contributed by atoms with Crippen molar-refractivity contribution in [2.24, 2.45) is 5.16 Å². The fraction of sp³-hybridized carbons (Fsp3) is 0.444. The standard InChI is InChI=1S/C9H12BrNOS/c1-3-7(11-12-4-2)8-5-6-9(10)13-8/h5-6H,3-4H2,1-2H3/b11-7-. The van der Waals surface area contributed by atoms with E-state index in [9.17, 15) is 0 Å². The molecule has 4 heteroatoms. The van der Waals surface area contributed by atoms with E-state index < -0.39 is 0 Å². The van der Waals surface area contributed by atoms with E-state index in [1.807, 2.05) is 13.0 Å². The molecule has 0 saturated heterocycles. The minimum atomic E-state index is 0.621. The van der Waals surface area contributed by atoms with E-state index in [0.717, 1.165) is 15.9 Å². The van der Waals surface area contributed by atoms with Crippen molar-refractivity contribution in [1.29, 1.82) is 0 Å². The maximum atomic E-state index is 5.03. The lowest BCUT2D eigenvalue weighted by Crippen LogP contribution is -1.97. The number of oxime groups is 1. The van der Waals surface area contributed by atoms with Gasteiger partial charge in [0.2, 0.25) is 0 Å². The average molecular weight is 262 g/mol. The first-order chi connectivity index (χ1) is 6.27. The van der Waals surface area contributed by atoms with Gasteiger partial charge in [-0.2, -0.15) is 0 Å². The molecule has 0 amide bonds. The molecule has 0 unspecified atom stereocenters. The van der Waals surface area contributed by atoms with Crippen LogP contribution in [0.3, 0.4) is 0 Å². The van der Waals surface area contributed by atoms with Gasteiger partial charge in [-0.25, -0.2) is 0 Å². The van der Waals surface area contributed by atoms with Crippen molar-refractivity contribution >= 4 is 33.0 Å². The van der Waals surface area contributed by atoms with Gasteiger partial charge in [-0.1, -0.05) is 12.1 Å². The molecule has 1 rings (SSSR count). The highest BCUT2D eigenvalue weighted by molar-refractivity contribution is 9.11. The van der Waals surface area contributed by atoms with E-state index in [0.29, 0.717) is 6.61 Å². The lowest BCUT2D eigenvalue weighted by atomic mass is 10.2. The monoisotopic (exact) mass is 261 g/mol. The molecule has 0 aliphatic carbocycles. The Morgan fingerprint density at radius 1 is 1.54 bits per heavy atom. The zero-order valence-corrected chi connectivity index (χ0v) is 10.1. The Hall–Kier alpha value is -0.350. The third kappa shape index (κ3) is 3.12. The minimum absolute atomic E-state index is 0.621. The topological polar surface area (TPSA) is 21.6 Å². The SMILES string of the molecule is CCO/N=C(/CC)c1ccc(Br)s1. The van der Waals surface area contributed by atoms with Crippen LogP contribution in [0.5, 0.6) is 0 Å². The predicted molar refractivity (Wildman–Crippen MR) is 60.5 cm³/mol. The van der Waals surface area contributed by atoms with Crippen molar-refractivity contribution < 1.29 is 4.84 Å². The largest absolute Gasteiger partial charge is 0.396 e. The zero-order valence-electron chi connectivity index (χ0n) is 7.71. The molecule has 0 bridgehead atoms. The summed E-state index contributed by atoms with van der Waals surface area (Å²) in [5, 5.41) is 4.05. The summed E-state index contributed by atoms with van der Waals surface area (Å²) in [6.45, 7) is 4.63. The molecule has 0 N–H and O–H groups in total. The van der Waals surface area contributed by atoms with Gasteiger partial charge in [-0.15, -0.1) is 11.3 Å². The van der Waals surface area contributed by atoms with E-state index in [2.05, 4.69) is 34.1 Å². The summed E-state index contributed by atoms with van der Waals surface area (Å²) < 4.78 is 1.13. The molecule has 13 heavy (non-hydrogen) atoms. The highest BCUT2D eigenvalue weighted by atomic mass is 79.9. The van der Waals surface area contributed by atoms with Gasteiger partial charge in [0.15, 0.2) is 0 Å².